The summed E-state index contributed by atoms with van der Waals surface area (Å²) in [6.07, 6.45) is 0. The molecule has 0 atom stereocenters. The molecule has 0 unspecified atom stereocenters. The maximum absolute atomic E-state index is 11.2. The first-order valence-electron chi connectivity index (χ1n) is 4.05. The second-order valence-corrected chi connectivity index (χ2v) is 3.08. The Hall–Kier alpha value is -1.91. The number of nitrogens with zero attached hydrogens (tertiary/aromatic N) is 1. The van der Waals surface area contributed by atoms with Gasteiger partial charge in [-0.1, -0.05) is 0 Å². The van der Waals surface area contributed by atoms with E-state index in [1.165, 1.54) is 6.07 Å². The predicted octanol–water partition coefficient (Wildman–Crippen LogP) is 1.57. The maximum Gasteiger partial charge on any atom is 0.339 e. The summed E-state index contributed by atoms with van der Waals surface area (Å²) in [7, 11) is 0. The normalized spacial score (nSPS) is 13.6. The number of rotatable bonds is 1. The van der Waals surface area contributed by atoms with E-state index in [2.05, 4.69) is 0 Å². The standard InChI is InChI=1S/C9H7NO4/c1-5-7(10(12)13)3-2-6-4-14-9(11)8(5)6/h2-3H,4H2,1H3. The summed E-state index contributed by atoms with van der Waals surface area (Å²) in [5, 5.41) is 10.6. The Balaban J connectivity index is 2.67. The maximum atomic E-state index is 11.2. The van der Waals surface area contributed by atoms with Crippen molar-refractivity contribution in [1.29, 1.82) is 0 Å². The third-order valence-corrected chi connectivity index (χ3v) is 2.28. The van der Waals surface area contributed by atoms with Gasteiger partial charge in [-0.3, -0.25) is 10.1 Å². The summed E-state index contributed by atoms with van der Waals surface area (Å²) in [5.74, 6) is -0.471. The van der Waals surface area contributed by atoms with Crippen LogP contribution in [0.15, 0.2) is 12.1 Å². The first-order valence-corrected chi connectivity index (χ1v) is 4.05. The first-order chi connectivity index (χ1) is 6.61. The Morgan fingerprint density at radius 3 is 2.86 bits per heavy atom. The van der Waals surface area contributed by atoms with Gasteiger partial charge < -0.3 is 4.74 Å². The highest BCUT2D eigenvalue weighted by Crippen LogP contribution is 2.29. The van der Waals surface area contributed by atoms with E-state index in [4.69, 9.17) is 4.74 Å². The zero-order chi connectivity index (χ0) is 10.3. The highest BCUT2D eigenvalue weighted by molar-refractivity contribution is 5.96. The van der Waals surface area contributed by atoms with Crippen molar-refractivity contribution in [2.24, 2.45) is 0 Å². The van der Waals surface area contributed by atoms with Gasteiger partial charge in [0.15, 0.2) is 0 Å². The lowest BCUT2D eigenvalue weighted by atomic mass is 10.0. The Morgan fingerprint density at radius 2 is 2.21 bits per heavy atom. The van der Waals surface area contributed by atoms with Crippen molar-refractivity contribution in [2.45, 2.75) is 13.5 Å². The van der Waals surface area contributed by atoms with Gasteiger partial charge >= 0.3 is 5.97 Å². The van der Waals surface area contributed by atoms with E-state index in [-0.39, 0.29) is 12.3 Å². The van der Waals surface area contributed by atoms with E-state index in [1.807, 2.05) is 0 Å². The quantitative estimate of drug-likeness (QED) is 0.385. The van der Waals surface area contributed by atoms with Crippen molar-refractivity contribution in [1.82, 2.24) is 0 Å². The molecule has 1 aliphatic heterocycles. The van der Waals surface area contributed by atoms with Crippen LogP contribution in [0.1, 0.15) is 21.5 Å². The fourth-order valence-electron chi connectivity index (χ4n) is 1.57. The molecule has 0 aliphatic carbocycles. The molecule has 0 saturated carbocycles. The fraction of sp³-hybridized carbons (Fsp3) is 0.222. The van der Waals surface area contributed by atoms with Gasteiger partial charge in [0.25, 0.3) is 5.69 Å². The second kappa shape index (κ2) is 2.80. The highest BCUT2D eigenvalue weighted by atomic mass is 16.6. The molecule has 0 bridgehead atoms. The lowest BCUT2D eigenvalue weighted by Gasteiger charge is -2.00. The molecule has 1 aromatic carbocycles. The minimum Gasteiger partial charge on any atom is -0.457 e. The molecule has 0 fully saturated rings. The summed E-state index contributed by atoms with van der Waals surface area (Å²) in [5.41, 5.74) is 1.41. The highest BCUT2D eigenvalue weighted by Gasteiger charge is 2.27. The van der Waals surface area contributed by atoms with Crippen molar-refractivity contribution in [3.05, 3.63) is 38.9 Å². The fourth-order valence-corrected chi connectivity index (χ4v) is 1.57. The molecule has 1 aliphatic rings. The van der Waals surface area contributed by atoms with Crippen LogP contribution in [-0.2, 0) is 11.3 Å². The largest absolute Gasteiger partial charge is 0.457 e. The molecule has 1 heterocycles. The van der Waals surface area contributed by atoms with Crippen LogP contribution in [0.3, 0.4) is 0 Å². The van der Waals surface area contributed by atoms with Gasteiger partial charge in [0.05, 0.1) is 10.5 Å². The number of ether oxygens (including phenoxy) is 1. The summed E-state index contributed by atoms with van der Waals surface area (Å²) in [4.78, 5) is 21.3. The van der Waals surface area contributed by atoms with E-state index in [9.17, 15) is 14.9 Å². The van der Waals surface area contributed by atoms with Gasteiger partial charge in [0.1, 0.15) is 6.61 Å². The molecule has 0 amide bonds. The van der Waals surface area contributed by atoms with E-state index in [1.54, 1.807) is 13.0 Å². The van der Waals surface area contributed by atoms with Gasteiger partial charge in [-0.25, -0.2) is 4.79 Å². The van der Waals surface area contributed by atoms with Crippen molar-refractivity contribution in [2.75, 3.05) is 0 Å². The molecule has 14 heavy (non-hydrogen) atoms. The van der Waals surface area contributed by atoms with Crippen molar-refractivity contribution in [3.8, 4) is 0 Å². The minimum atomic E-state index is -0.499. The summed E-state index contributed by atoms with van der Waals surface area (Å²) in [6, 6.07) is 2.96. The number of carbonyl (C=O) groups excluding carboxylic acids is 1. The van der Waals surface area contributed by atoms with Gasteiger partial charge in [0.2, 0.25) is 0 Å². The summed E-state index contributed by atoms with van der Waals surface area (Å²) < 4.78 is 4.78. The molecule has 5 nitrogen and oxygen atoms in total. The van der Waals surface area contributed by atoms with Gasteiger partial charge in [-0.15, -0.1) is 0 Å². The van der Waals surface area contributed by atoms with Crippen LogP contribution in [0.25, 0.3) is 0 Å². The first kappa shape index (κ1) is 8.68. The smallest absolute Gasteiger partial charge is 0.339 e. The SMILES string of the molecule is Cc1c([N+](=O)[O-])ccc2c1C(=O)OC2. The monoisotopic (exact) mass is 193 g/mol. The van der Waals surface area contributed by atoms with Crippen molar-refractivity contribution in [3.63, 3.8) is 0 Å². The van der Waals surface area contributed by atoms with Crippen LogP contribution in [0, 0.1) is 17.0 Å². The van der Waals surface area contributed by atoms with Crippen LogP contribution in [0.2, 0.25) is 0 Å². The van der Waals surface area contributed by atoms with Crippen molar-refractivity contribution >= 4 is 11.7 Å². The molecule has 0 N–H and O–H groups in total. The van der Waals surface area contributed by atoms with Crippen molar-refractivity contribution < 1.29 is 14.5 Å². The molecule has 0 spiro atoms. The molecule has 0 saturated heterocycles. The summed E-state index contributed by atoms with van der Waals surface area (Å²) >= 11 is 0. The zero-order valence-electron chi connectivity index (χ0n) is 7.44. The lowest BCUT2D eigenvalue weighted by Crippen LogP contribution is -2.00. The third kappa shape index (κ3) is 1.06. The van der Waals surface area contributed by atoms with Gasteiger partial charge in [-0.2, -0.15) is 0 Å². The number of nitro benzene ring substituents is 1. The van der Waals surface area contributed by atoms with Gasteiger partial charge in [0, 0.05) is 17.2 Å². The van der Waals surface area contributed by atoms with E-state index < -0.39 is 10.9 Å². The molecule has 0 radical (unpaired) electrons. The average molecular weight is 193 g/mol. The Bertz CT molecular complexity index is 439. The van der Waals surface area contributed by atoms with E-state index >= 15 is 0 Å². The zero-order valence-corrected chi connectivity index (χ0v) is 7.44. The number of carbonyl (C=O) groups is 1. The number of hydrogen-bond donors (Lipinski definition) is 0. The third-order valence-electron chi connectivity index (χ3n) is 2.28. The number of cyclic esters (lactones) is 1. The minimum absolute atomic E-state index is 0.0393. The van der Waals surface area contributed by atoms with Crippen LogP contribution in [-0.4, -0.2) is 10.9 Å². The average Bonchev–Trinajstić information content (AvgIpc) is 2.48. The molecule has 5 heteroatoms. The number of esters is 1. The molecule has 0 aromatic heterocycles. The Labute approximate surface area is 79.4 Å². The molecular weight excluding hydrogens is 186 g/mol. The molecule has 1 aromatic rings. The second-order valence-electron chi connectivity index (χ2n) is 3.08. The predicted molar refractivity (Wildman–Crippen MR) is 47.0 cm³/mol. The topological polar surface area (TPSA) is 69.4 Å². The number of nitro groups is 1. The molecule has 2 rings (SSSR count). The van der Waals surface area contributed by atoms with Crippen LogP contribution < -0.4 is 0 Å². The number of hydrogen-bond acceptors (Lipinski definition) is 4. The Kier molecular flexibility index (Phi) is 1.73. The van der Waals surface area contributed by atoms with Crippen LogP contribution in [0.5, 0.6) is 0 Å². The lowest BCUT2D eigenvalue weighted by molar-refractivity contribution is -0.385. The van der Waals surface area contributed by atoms with E-state index in [0.717, 1.165) is 5.56 Å². The van der Waals surface area contributed by atoms with Gasteiger partial charge in [-0.05, 0) is 13.0 Å². The van der Waals surface area contributed by atoms with Crippen LogP contribution in [0.4, 0.5) is 5.69 Å². The summed E-state index contributed by atoms with van der Waals surface area (Å²) in [6.45, 7) is 1.77. The molecule has 72 valence electrons. The number of benzene rings is 1. The number of fused-ring (bicyclic) bond motifs is 1. The molecular formula is C9H7NO4. The van der Waals surface area contributed by atoms with E-state index in [0.29, 0.717) is 11.1 Å². The Morgan fingerprint density at radius 1 is 1.50 bits per heavy atom. The van der Waals surface area contributed by atoms with Crippen LogP contribution >= 0.6 is 0 Å².